The Bertz CT molecular complexity index is 624. The third-order valence-electron chi connectivity index (χ3n) is 4.20. The summed E-state index contributed by atoms with van der Waals surface area (Å²) < 4.78 is 28.5. The number of sulfonamides is 1. The molecule has 0 unspecified atom stereocenters. The van der Waals surface area contributed by atoms with Crippen LogP contribution in [0.15, 0.2) is 21.5 Å². The van der Waals surface area contributed by atoms with Gasteiger partial charge in [-0.3, -0.25) is 0 Å². The zero-order chi connectivity index (χ0) is 15.7. The van der Waals surface area contributed by atoms with Gasteiger partial charge in [-0.15, -0.1) is 0 Å². The van der Waals surface area contributed by atoms with Crippen molar-refractivity contribution in [2.75, 3.05) is 6.54 Å². The molecule has 1 fully saturated rings. The summed E-state index contributed by atoms with van der Waals surface area (Å²) in [6.07, 6.45) is 4.34. The summed E-state index contributed by atoms with van der Waals surface area (Å²) in [6, 6.07) is 3.29. The third kappa shape index (κ3) is 3.86. The van der Waals surface area contributed by atoms with Crippen LogP contribution < -0.4 is 4.72 Å². The van der Waals surface area contributed by atoms with Gasteiger partial charge in [0.25, 0.3) is 0 Å². The van der Waals surface area contributed by atoms with E-state index in [2.05, 4.69) is 27.6 Å². The minimum atomic E-state index is -3.55. The molecule has 0 atom stereocenters. The molecule has 2 N–H and O–H groups in total. The van der Waals surface area contributed by atoms with Gasteiger partial charge in [-0.1, -0.05) is 29.3 Å². The Hall–Kier alpha value is -0.430. The van der Waals surface area contributed by atoms with Crippen molar-refractivity contribution in [3.05, 3.63) is 27.7 Å². The lowest BCUT2D eigenvalue weighted by Gasteiger charge is -2.17. The summed E-state index contributed by atoms with van der Waals surface area (Å²) >= 11 is 3.35. The molecular weight excluding hydrogens is 354 g/mol. The smallest absolute Gasteiger partial charge is 0.240 e. The summed E-state index contributed by atoms with van der Waals surface area (Å²) in [5.41, 5.74) is 1.42. The van der Waals surface area contributed by atoms with Gasteiger partial charge in [0.05, 0.1) is 11.5 Å². The molecule has 118 valence electrons. The molecule has 1 aliphatic carbocycles. The predicted molar refractivity (Wildman–Crippen MR) is 86.6 cm³/mol. The van der Waals surface area contributed by atoms with Crippen LogP contribution in [0.4, 0.5) is 0 Å². The quantitative estimate of drug-likeness (QED) is 0.769. The Balaban J connectivity index is 2.22. The number of aliphatic hydroxyl groups excluding tert-OH is 1. The van der Waals surface area contributed by atoms with Gasteiger partial charge in [0.2, 0.25) is 10.0 Å². The van der Waals surface area contributed by atoms with Crippen molar-refractivity contribution in [2.24, 2.45) is 5.41 Å². The van der Waals surface area contributed by atoms with Gasteiger partial charge < -0.3 is 5.11 Å². The maximum absolute atomic E-state index is 12.5. The number of hydrogen-bond acceptors (Lipinski definition) is 3. The van der Waals surface area contributed by atoms with E-state index in [0.29, 0.717) is 22.1 Å². The SMILES string of the molecule is CCCC1(CNS(=O)(=O)c2cc(CO)cc(Br)c2C)CC1. The Morgan fingerprint density at radius 3 is 2.57 bits per heavy atom. The summed E-state index contributed by atoms with van der Waals surface area (Å²) in [4.78, 5) is 0.244. The van der Waals surface area contributed by atoms with Crippen LogP contribution in [0.5, 0.6) is 0 Å². The lowest BCUT2D eigenvalue weighted by molar-refractivity contribution is 0.281. The standard InChI is InChI=1S/C15H22BrNO3S/c1-3-4-15(5-6-15)10-17-21(19,20)14-8-12(9-18)7-13(16)11(14)2/h7-8,17-18H,3-6,9-10H2,1-2H3. The van der Waals surface area contributed by atoms with Crippen LogP contribution >= 0.6 is 15.9 Å². The van der Waals surface area contributed by atoms with E-state index in [1.807, 2.05) is 0 Å². The minimum absolute atomic E-state index is 0.168. The molecule has 1 aliphatic rings. The van der Waals surface area contributed by atoms with Crippen LogP contribution in [0.2, 0.25) is 0 Å². The van der Waals surface area contributed by atoms with Crippen molar-refractivity contribution in [3.63, 3.8) is 0 Å². The highest BCUT2D eigenvalue weighted by Gasteiger charge is 2.42. The largest absolute Gasteiger partial charge is 0.392 e. The number of rotatable bonds is 7. The van der Waals surface area contributed by atoms with Crippen LogP contribution in [-0.2, 0) is 16.6 Å². The van der Waals surface area contributed by atoms with Gasteiger partial charge in [-0.25, -0.2) is 13.1 Å². The lowest BCUT2D eigenvalue weighted by atomic mass is 10.0. The maximum Gasteiger partial charge on any atom is 0.240 e. The second-order valence-electron chi connectivity index (χ2n) is 5.93. The average Bonchev–Trinajstić information content (AvgIpc) is 3.20. The first-order valence-corrected chi connectivity index (χ1v) is 9.51. The van der Waals surface area contributed by atoms with Gasteiger partial charge in [0.15, 0.2) is 0 Å². The molecule has 4 nitrogen and oxygen atoms in total. The van der Waals surface area contributed by atoms with Crippen LogP contribution in [0.1, 0.15) is 43.7 Å². The normalized spacial score (nSPS) is 17.0. The van der Waals surface area contributed by atoms with Crippen molar-refractivity contribution < 1.29 is 13.5 Å². The Kier molecular flexibility index (Phi) is 5.13. The van der Waals surface area contributed by atoms with E-state index in [-0.39, 0.29) is 16.9 Å². The summed E-state index contributed by atoms with van der Waals surface area (Å²) in [5, 5.41) is 9.25. The summed E-state index contributed by atoms with van der Waals surface area (Å²) in [6.45, 7) is 4.21. The molecule has 1 saturated carbocycles. The molecule has 1 aromatic rings. The monoisotopic (exact) mass is 375 g/mol. The molecule has 0 radical (unpaired) electrons. The molecule has 0 bridgehead atoms. The number of halogens is 1. The fourth-order valence-electron chi connectivity index (χ4n) is 2.63. The van der Waals surface area contributed by atoms with Gasteiger partial charge in [0, 0.05) is 11.0 Å². The Labute approximate surface area is 135 Å². The summed E-state index contributed by atoms with van der Waals surface area (Å²) in [5.74, 6) is 0. The Morgan fingerprint density at radius 2 is 2.05 bits per heavy atom. The van der Waals surface area contributed by atoms with Gasteiger partial charge in [0.1, 0.15) is 0 Å². The van der Waals surface area contributed by atoms with E-state index in [1.165, 1.54) is 0 Å². The van der Waals surface area contributed by atoms with Crippen LogP contribution in [0.3, 0.4) is 0 Å². The highest BCUT2D eigenvalue weighted by molar-refractivity contribution is 9.10. The van der Waals surface area contributed by atoms with E-state index in [0.717, 1.165) is 25.7 Å². The third-order valence-corrected chi connectivity index (χ3v) is 6.55. The number of benzene rings is 1. The van der Waals surface area contributed by atoms with Crippen LogP contribution in [0, 0.1) is 12.3 Å². The average molecular weight is 376 g/mol. The van der Waals surface area contributed by atoms with Crippen molar-refractivity contribution in [1.29, 1.82) is 0 Å². The zero-order valence-corrected chi connectivity index (χ0v) is 14.8. The van der Waals surface area contributed by atoms with Crippen LogP contribution in [-0.4, -0.2) is 20.1 Å². The fourth-order valence-corrected chi connectivity index (χ4v) is 4.74. The topological polar surface area (TPSA) is 66.4 Å². The van der Waals surface area contributed by atoms with E-state index in [9.17, 15) is 13.5 Å². The molecule has 21 heavy (non-hydrogen) atoms. The molecule has 0 spiro atoms. The molecule has 0 saturated heterocycles. The van der Waals surface area contributed by atoms with Crippen LogP contribution in [0.25, 0.3) is 0 Å². The maximum atomic E-state index is 12.5. The van der Waals surface area contributed by atoms with Crippen molar-refractivity contribution in [3.8, 4) is 0 Å². The first kappa shape index (κ1) is 16.9. The molecule has 0 aliphatic heterocycles. The molecule has 6 heteroatoms. The predicted octanol–water partition coefficient (Wildman–Crippen LogP) is 3.11. The van der Waals surface area contributed by atoms with E-state index in [1.54, 1.807) is 19.1 Å². The molecular formula is C15H22BrNO3S. The van der Waals surface area contributed by atoms with E-state index < -0.39 is 10.0 Å². The number of aliphatic hydroxyl groups is 1. The van der Waals surface area contributed by atoms with Gasteiger partial charge in [-0.2, -0.15) is 0 Å². The lowest BCUT2D eigenvalue weighted by Crippen LogP contribution is -2.31. The highest BCUT2D eigenvalue weighted by Crippen LogP contribution is 2.49. The Morgan fingerprint density at radius 1 is 1.38 bits per heavy atom. The minimum Gasteiger partial charge on any atom is -0.392 e. The zero-order valence-electron chi connectivity index (χ0n) is 12.4. The summed E-state index contributed by atoms with van der Waals surface area (Å²) in [7, 11) is -3.55. The second kappa shape index (κ2) is 6.36. The van der Waals surface area contributed by atoms with Crippen molar-refractivity contribution in [1.82, 2.24) is 4.72 Å². The molecule has 2 rings (SSSR count). The number of hydrogen-bond donors (Lipinski definition) is 2. The van der Waals surface area contributed by atoms with Gasteiger partial charge >= 0.3 is 0 Å². The molecule has 0 amide bonds. The van der Waals surface area contributed by atoms with E-state index >= 15 is 0 Å². The van der Waals surface area contributed by atoms with Crippen molar-refractivity contribution in [2.45, 2.75) is 51.0 Å². The molecule has 0 aromatic heterocycles. The molecule has 1 aromatic carbocycles. The van der Waals surface area contributed by atoms with Crippen molar-refractivity contribution >= 4 is 26.0 Å². The first-order chi connectivity index (χ1) is 9.83. The highest BCUT2D eigenvalue weighted by atomic mass is 79.9. The molecule has 0 heterocycles. The second-order valence-corrected chi connectivity index (χ2v) is 8.52. The van der Waals surface area contributed by atoms with E-state index in [4.69, 9.17) is 0 Å². The first-order valence-electron chi connectivity index (χ1n) is 7.23. The number of nitrogens with one attached hydrogen (secondary N) is 1. The van der Waals surface area contributed by atoms with Gasteiger partial charge in [-0.05, 0) is 54.9 Å². The fraction of sp³-hybridized carbons (Fsp3) is 0.600.